The van der Waals surface area contributed by atoms with Gasteiger partial charge in [-0.05, 0) is 36.4 Å². The van der Waals surface area contributed by atoms with Crippen LogP contribution in [0.4, 0.5) is 11.4 Å². The van der Waals surface area contributed by atoms with Gasteiger partial charge in [0.05, 0.1) is 32.7 Å². The van der Waals surface area contributed by atoms with E-state index >= 15 is 0 Å². The fourth-order valence-corrected chi connectivity index (χ4v) is 4.35. The maximum absolute atomic E-state index is 13.6. The van der Waals surface area contributed by atoms with Gasteiger partial charge in [-0.25, -0.2) is 4.90 Å². The lowest BCUT2D eigenvalue weighted by atomic mass is 10.2. The van der Waals surface area contributed by atoms with Crippen LogP contribution < -0.4 is 24.4 Å². The van der Waals surface area contributed by atoms with Gasteiger partial charge in [-0.1, -0.05) is 42.1 Å². The van der Waals surface area contributed by atoms with Crippen molar-refractivity contribution < 1.29 is 23.8 Å². The van der Waals surface area contributed by atoms with E-state index in [4.69, 9.17) is 14.2 Å². The van der Waals surface area contributed by atoms with Crippen LogP contribution in [0.1, 0.15) is 0 Å². The normalized spacial score (nSPS) is 13.4. The number of carbonyl (C=O) groups is 2. The first-order valence-corrected chi connectivity index (χ1v) is 10.9. The molecule has 0 aliphatic carbocycles. The van der Waals surface area contributed by atoms with E-state index in [1.165, 1.54) is 26.0 Å². The van der Waals surface area contributed by atoms with Crippen LogP contribution in [-0.4, -0.2) is 33.1 Å². The summed E-state index contributed by atoms with van der Waals surface area (Å²) in [5, 5.41) is 3.12. The van der Waals surface area contributed by atoms with Crippen LogP contribution >= 0.6 is 11.8 Å². The van der Waals surface area contributed by atoms with E-state index in [0.29, 0.717) is 28.6 Å². The summed E-state index contributed by atoms with van der Waals surface area (Å²) in [6, 6.07) is 21.5. The van der Waals surface area contributed by atoms with Crippen LogP contribution in [0.15, 0.2) is 88.3 Å². The third-order valence-electron chi connectivity index (χ3n) is 5.00. The molecule has 33 heavy (non-hydrogen) atoms. The zero-order valence-electron chi connectivity index (χ0n) is 18.3. The van der Waals surface area contributed by atoms with Crippen molar-refractivity contribution >= 4 is 35.0 Å². The SMILES string of the molecule is COc1ccc(OC)c(NC2=C(Sc3ccccc3)C(=O)N(c3ccccc3OC)C2=O)c1. The number of benzene rings is 3. The topological polar surface area (TPSA) is 77.1 Å². The first kappa shape index (κ1) is 22.3. The zero-order valence-corrected chi connectivity index (χ0v) is 19.1. The Morgan fingerprint density at radius 2 is 1.45 bits per heavy atom. The largest absolute Gasteiger partial charge is 0.497 e. The number of nitrogens with one attached hydrogen (secondary N) is 1. The van der Waals surface area contributed by atoms with Gasteiger partial charge >= 0.3 is 0 Å². The highest BCUT2D eigenvalue weighted by Crippen LogP contribution is 2.41. The highest BCUT2D eigenvalue weighted by Gasteiger charge is 2.41. The van der Waals surface area contributed by atoms with E-state index in [9.17, 15) is 9.59 Å². The van der Waals surface area contributed by atoms with Gasteiger partial charge in [0, 0.05) is 11.0 Å². The number of imide groups is 1. The van der Waals surface area contributed by atoms with Crippen molar-refractivity contribution in [2.75, 3.05) is 31.5 Å². The molecule has 168 valence electrons. The standard InChI is InChI=1S/C25H22N2O5S/c1-30-16-13-14-20(31-2)18(15-16)26-22-23(33-17-9-5-4-6-10-17)25(29)27(24(22)28)19-11-7-8-12-21(19)32-3/h4-15,26H,1-3H3. The number of hydrogen-bond acceptors (Lipinski definition) is 7. The van der Waals surface area contributed by atoms with Crippen molar-refractivity contribution in [3.8, 4) is 17.2 Å². The second-order valence-corrected chi connectivity index (χ2v) is 8.01. The predicted molar refractivity (Wildman–Crippen MR) is 128 cm³/mol. The van der Waals surface area contributed by atoms with E-state index in [-0.39, 0.29) is 10.6 Å². The number of carbonyl (C=O) groups excluding carboxylic acids is 2. The third-order valence-corrected chi connectivity index (χ3v) is 6.09. The molecule has 1 aliphatic heterocycles. The molecule has 3 aromatic rings. The quantitative estimate of drug-likeness (QED) is 0.486. The molecule has 0 bridgehead atoms. The Kier molecular flexibility index (Phi) is 6.55. The molecule has 4 rings (SSSR count). The first-order chi connectivity index (χ1) is 16.1. The van der Waals surface area contributed by atoms with Gasteiger partial charge in [0.2, 0.25) is 0 Å². The molecule has 8 heteroatoms. The van der Waals surface area contributed by atoms with Gasteiger partial charge in [-0.2, -0.15) is 0 Å². The molecule has 0 aromatic heterocycles. The van der Waals surface area contributed by atoms with Gasteiger partial charge in [0.15, 0.2) is 0 Å². The van der Waals surface area contributed by atoms with E-state index in [2.05, 4.69) is 5.32 Å². The second kappa shape index (κ2) is 9.70. The van der Waals surface area contributed by atoms with E-state index in [1.807, 2.05) is 30.3 Å². The van der Waals surface area contributed by atoms with Crippen LogP contribution in [0, 0.1) is 0 Å². The molecule has 0 saturated carbocycles. The molecule has 1 aliphatic rings. The molecular weight excluding hydrogens is 440 g/mol. The molecule has 0 radical (unpaired) electrons. The minimum Gasteiger partial charge on any atom is -0.497 e. The first-order valence-electron chi connectivity index (χ1n) is 10.1. The Morgan fingerprint density at radius 3 is 2.15 bits per heavy atom. The number of ether oxygens (including phenoxy) is 3. The lowest BCUT2D eigenvalue weighted by Gasteiger charge is -2.18. The predicted octanol–water partition coefficient (Wildman–Crippen LogP) is 4.70. The highest BCUT2D eigenvalue weighted by atomic mass is 32.2. The molecule has 3 aromatic carbocycles. The van der Waals surface area contributed by atoms with Crippen LogP contribution in [0.5, 0.6) is 17.2 Å². The molecule has 1 heterocycles. The fourth-order valence-electron chi connectivity index (χ4n) is 3.40. The fraction of sp³-hybridized carbons (Fsp3) is 0.120. The van der Waals surface area contributed by atoms with Crippen molar-refractivity contribution in [2.24, 2.45) is 0 Å². The van der Waals surface area contributed by atoms with Gasteiger partial charge in [0.25, 0.3) is 11.8 Å². The number of anilines is 2. The molecule has 1 N–H and O–H groups in total. The molecule has 0 fully saturated rings. The molecular formula is C25H22N2O5S. The molecule has 0 atom stereocenters. The minimum atomic E-state index is -0.493. The Hall–Kier alpha value is -3.91. The van der Waals surface area contributed by atoms with E-state index < -0.39 is 11.8 Å². The smallest absolute Gasteiger partial charge is 0.283 e. The maximum Gasteiger partial charge on any atom is 0.283 e. The summed E-state index contributed by atoms with van der Waals surface area (Å²) in [6.45, 7) is 0. The lowest BCUT2D eigenvalue weighted by molar-refractivity contribution is -0.120. The van der Waals surface area contributed by atoms with Crippen molar-refractivity contribution in [2.45, 2.75) is 4.90 Å². The molecule has 2 amide bonds. The summed E-state index contributed by atoms with van der Waals surface area (Å²) in [4.78, 5) is 29.3. The Morgan fingerprint density at radius 1 is 0.758 bits per heavy atom. The van der Waals surface area contributed by atoms with Crippen molar-refractivity contribution in [1.82, 2.24) is 0 Å². The number of thioether (sulfide) groups is 1. The van der Waals surface area contributed by atoms with E-state index in [0.717, 1.165) is 9.80 Å². The average Bonchev–Trinajstić information content (AvgIpc) is 3.08. The number of amides is 2. The summed E-state index contributed by atoms with van der Waals surface area (Å²) in [7, 11) is 4.58. The number of rotatable bonds is 8. The van der Waals surface area contributed by atoms with Gasteiger partial charge in [0.1, 0.15) is 27.9 Å². The zero-order chi connectivity index (χ0) is 23.4. The summed E-state index contributed by atoms with van der Waals surface area (Å²) >= 11 is 1.22. The number of methoxy groups -OCH3 is 3. The molecule has 0 unspecified atom stereocenters. The second-order valence-electron chi connectivity index (χ2n) is 6.93. The summed E-state index contributed by atoms with van der Waals surface area (Å²) < 4.78 is 16.2. The third kappa shape index (κ3) is 4.38. The monoisotopic (exact) mass is 462 g/mol. The van der Waals surface area contributed by atoms with Crippen molar-refractivity contribution in [3.63, 3.8) is 0 Å². The van der Waals surface area contributed by atoms with Crippen LogP contribution in [-0.2, 0) is 9.59 Å². The molecule has 0 saturated heterocycles. The van der Waals surface area contributed by atoms with Crippen LogP contribution in [0.25, 0.3) is 0 Å². The Balaban J connectivity index is 1.81. The number of para-hydroxylation sites is 2. The van der Waals surface area contributed by atoms with Gasteiger partial charge in [-0.3, -0.25) is 9.59 Å². The Labute approximate surface area is 196 Å². The average molecular weight is 463 g/mol. The van der Waals surface area contributed by atoms with Gasteiger partial charge < -0.3 is 19.5 Å². The Bertz CT molecular complexity index is 1230. The maximum atomic E-state index is 13.6. The van der Waals surface area contributed by atoms with Gasteiger partial charge in [-0.15, -0.1) is 0 Å². The number of nitrogens with zero attached hydrogens (tertiary/aromatic N) is 1. The molecule has 7 nitrogen and oxygen atoms in total. The molecule has 0 spiro atoms. The minimum absolute atomic E-state index is 0.145. The van der Waals surface area contributed by atoms with Crippen LogP contribution in [0.3, 0.4) is 0 Å². The highest BCUT2D eigenvalue weighted by molar-refractivity contribution is 8.04. The summed E-state index contributed by atoms with van der Waals surface area (Å²) in [5.74, 6) is 0.567. The van der Waals surface area contributed by atoms with Crippen molar-refractivity contribution in [3.05, 3.63) is 83.4 Å². The summed E-state index contributed by atoms with van der Waals surface area (Å²) in [5.41, 5.74) is 1.02. The summed E-state index contributed by atoms with van der Waals surface area (Å²) in [6.07, 6.45) is 0. The number of hydrogen-bond donors (Lipinski definition) is 1. The lowest BCUT2D eigenvalue weighted by Crippen LogP contribution is -2.32. The van der Waals surface area contributed by atoms with Crippen LogP contribution in [0.2, 0.25) is 0 Å². The van der Waals surface area contributed by atoms with E-state index in [1.54, 1.807) is 49.6 Å². The van der Waals surface area contributed by atoms with Crippen molar-refractivity contribution in [1.29, 1.82) is 0 Å².